The van der Waals surface area contributed by atoms with Crippen LogP contribution in [-0.2, 0) is 6.42 Å². The maximum Gasteiger partial charge on any atom is 0.0771 e. The first-order valence-corrected chi connectivity index (χ1v) is 10.7. The van der Waals surface area contributed by atoms with E-state index in [-0.39, 0.29) is 0 Å². The van der Waals surface area contributed by atoms with Crippen LogP contribution in [0.5, 0.6) is 0 Å². The third-order valence-corrected chi connectivity index (χ3v) is 6.31. The van der Waals surface area contributed by atoms with Gasteiger partial charge in [0.1, 0.15) is 0 Å². The van der Waals surface area contributed by atoms with E-state index in [0.717, 1.165) is 12.8 Å². The quantitative estimate of drug-likeness (QED) is 0.655. The highest BCUT2D eigenvalue weighted by Gasteiger charge is 2.21. The van der Waals surface area contributed by atoms with Gasteiger partial charge in [-0.15, -0.1) is 0 Å². The van der Waals surface area contributed by atoms with Crippen LogP contribution in [-0.4, -0.2) is 8.07 Å². The van der Waals surface area contributed by atoms with Crippen molar-refractivity contribution in [3.63, 3.8) is 0 Å². The summed E-state index contributed by atoms with van der Waals surface area (Å²) in [7, 11) is -1.13. The summed E-state index contributed by atoms with van der Waals surface area (Å²) in [5.74, 6) is 0. The number of hydrogen-bond donors (Lipinski definition) is 0. The Morgan fingerprint density at radius 2 is 1.58 bits per heavy atom. The summed E-state index contributed by atoms with van der Waals surface area (Å²) in [4.78, 5) is 0. The van der Waals surface area contributed by atoms with Crippen molar-refractivity contribution in [1.82, 2.24) is 0 Å². The fourth-order valence-electron chi connectivity index (χ4n) is 2.71. The molecule has 0 nitrogen and oxygen atoms in total. The van der Waals surface area contributed by atoms with Gasteiger partial charge >= 0.3 is 0 Å². The maximum atomic E-state index is 2.47. The summed E-state index contributed by atoms with van der Waals surface area (Å²) < 4.78 is 0. The van der Waals surface area contributed by atoms with E-state index in [9.17, 15) is 0 Å². The molecule has 19 heavy (non-hydrogen) atoms. The Bertz CT molecular complexity index is 531. The summed E-state index contributed by atoms with van der Waals surface area (Å²) >= 11 is 0. The Morgan fingerprint density at radius 3 is 2.05 bits per heavy atom. The fraction of sp³-hybridized carbons (Fsp3) is 0.444. The predicted octanol–water partition coefficient (Wildman–Crippen LogP) is 5.29. The molecule has 1 aromatic rings. The summed E-state index contributed by atoms with van der Waals surface area (Å²) in [6.07, 6.45) is 7.20. The zero-order valence-electron chi connectivity index (χ0n) is 13.2. The van der Waals surface area contributed by atoms with Gasteiger partial charge in [0.05, 0.1) is 8.07 Å². The average Bonchev–Trinajstić information content (AvgIpc) is 2.74. The van der Waals surface area contributed by atoms with Gasteiger partial charge in [0, 0.05) is 0 Å². The van der Waals surface area contributed by atoms with Crippen LogP contribution in [0.15, 0.2) is 35.1 Å². The van der Waals surface area contributed by atoms with E-state index in [2.05, 4.69) is 64.7 Å². The number of hydrogen-bond acceptors (Lipinski definition) is 0. The molecule has 102 valence electrons. The van der Waals surface area contributed by atoms with E-state index < -0.39 is 8.07 Å². The van der Waals surface area contributed by atoms with Crippen LogP contribution in [0.1, 0.15) is 28.7 Å². The lowest BCUT2D eigenvalue weighted by Crippen LogP contribution is -2.21. The fourth-order valence-corrected chi connectivity index (χ4v) is 4.07. The van der Waals surface area contributed by atoms with E-state index in [1.54, 1.807) is 10.8 Å². The normalized spacial score (nSPS) is 15.5. The summed E-state index contributed by atoms with van der Waals surface area (Å²) in [6, 6.07) is 4.71. The Kier molecular flexibility index (Phi) is 3.87. The standard InChI is InChI=1S/C18H26Si/c1-13-9-17(10-14(2)15(13)3)11-16-7-8-18(12-16)19(4,5)6/h8-10,12H,7,11H2,1-6H3. The van der Waals surface area contributed by atoms with Gasteiger partial charge in [-0.05, 0) is 55.9 Å². The van der Waals surface area contributed by atoms with Crippen molar-refractivity contribution < 1.29 is 0 Å². The van der Waals surface area contributed by atoms with Crippen LogP contribution in [0.25, 0.3) is 0 Å². The van der Waals surface area contributed by atoms with Crippen molar-refractivity contribution in [2.75, 3.05) is 0 Å². The van der Waals surface area contributed by atoms with Gasteiger partial charge in [0.25, 0.3) is 0 Å². The molecule has 0 aromatic heterocycles. The molecule has 0 fully saturated rings. The third kappa shape index (κ3) is 3.27. The number of rotatable bonds is 3. The average molecular weight is 270 g/mol. The van der Waals surface area contributed by atoms with Crippen molar-refractivity contribution in [3.05, 3.63) is 57.3 Å². The van der Waals surface area contributed by atoms with Gasteiger partial charge in [-0.25, -0.2) is 0 Å². The van der Waals surface area contributed by atoms with Crippen LogP contribution >= 0.6 is 0 Å². The van der Waals surface area contributed by atoms with E-state index in [1.165, 1.54) is 22.3 Å². The maximum absolute atomic E-state index is 2.47. The topological polar surface area (TPSA) is 0 Å². The molecule has 0 unspecified atom stereocenters. The number of allylic oxidation sites excluding steroid dienone is 4. The van der Waals surface area contributed by atoms with Gasteiger partial charge in [-0.1, -0.05) is 54.7 Å². The highest BCUT2D eigenvalue weighted by atomic mass is 28.3. The zero-order chi connectivity index (χ0) is 14.2. The van der Waals surface area contributed by atoms with Crippen LogP contribution in [0.2, 0.25) is 19.6 Å². The molecule has 1 aliphatic rings. The van der Waals surface area contributed by atoms with E-state index >= 15 is 0 Å². The first-order chi connectivity index (χ1) is 8.77. The van der Waals surface area contributed by atoms with Crippen molar-refractivity contribution >= 4 is 8.07 Å². The minimum Gasteiger partial charge on any atom is -0.0812 e. The van der Waals surface area contributed by atoms with Gasteiger partial charge in [0.2, 0.25) is 0 Å². The lowest BCUT2D eigenvalue weighted by atomic mass is 9.96. The van der Waals surface area contributed by atoms with Gasteiger partial charge in [-0.2, -0.15) is 0 Å². The van der Waals surface area contributed by atoms with Crippen LogP contribution < -0.4 is 0 Å². The molecule has 1 aromatic carbocycles. The van der Waals surface area contributed by atoms with Crippen molar-refractivity contribution in [3.8, 4) is 0 Å². The molecule has 0 aliphatic heterocycles. The smallest absolute Gasteiger partial charge is 0.0771 e. The Morgan fingerprint density at radius 1 is 1.00 bits per heavy atom. The molecular weight excluding hydrogens is 244 g/mol. The molecule has 1 aliphatic carbocycles. The SMILES string of the molecule is Cc1cc(CC2=CC([Si](C)(C)C)=CC2)cc(C)c1C. The zero-order valence-corrected chi connectivity index (χ0v) is 14.2. The largest absolute Gasteiger partial charge is 0.0812 e. The molecular formula is C18H26Si. The number of benzene rings is 1. The molecule has 0 heterocycles. The van der Waals surface area contributed by atoms with Crippen LogP contribution in [0, 0.1) is 20.8 Å². The highest BCUT2D eigenvalue weighted by molar-refractivity contribution is 6.83. The molecule has 0 atom stereocenters. The van der Waals surface area contributed by atoms with E-state index in [0.29, 0.717) is 0 Å². The van der Waals surface area contributed by atoms with E-state index in [4.69, 9.17) is 0 Å². The highest BCUT2D eigenvalue weighted by Crippen LogP contribution is 2.28. The molecule has 0 radical (unpaired) electrons. The monoisotopic (exact) mass is 270 g/mol. The number of aryl methyl sites for hydroxylation is 2. The van der Waals surface area contributed by atoms with Crippen LogP contribution in [0.3, 0.4) is 0 Å². The minimum absolute atomic E-state index is 1.12. The summed E-state index contributed by atoms with van der Waals surface area (Å²) in [5.41, 5.74) is 7.33. The van der Waals surface area contributed by atoms with Gasteiger partial charge < -0.3 is 0 Å². The first-order valence-electron chi connectivity index (χ1n) is 7.24. The van der Waals surface area contributed by atoms with Crippen molar-refractivity contribution in [1.29, 1.82) is 0 Å². The molecule has 0 spiro atoms. The first kappa shape index (κ1) is 14.3. The molecule has 1 heteroatoms. The lowest BCUT2D eigenvalue weighted by molar-refractivity contribution is 1.07. The van der Waals surface area contributed by atoms with Gasteiger partial charge in [0.15, 0.2) is 0 Å². The van der Waals surface area contributed by atoms with Crippen molar-refractivity contribution in [2.45, 2.75) is 53.3 Å². The van der Waals surface area contributed by atoms with Crippen LogP contribution in [0.4, 0.5) is 0 Å². The Hall–Kier alpha value is -1.08. The third-order valence-electron chi connectivity index (χ3n) is 4.23. The molecule has 2 rings (SSSR count). The second kappa shape index (κ2) is 5.13. The Labute approximate surface area is 119 Å². The molecule has 0 saturated heterocycles. The molecule has 0 bridgehead atoms. The lowest BCUT2D eigenvalue weighted by Gasteiger charge is -2.15. The van der Waals surface area contributed by atoms with E-state index in [1.807, 2.05) is 0 Å². The molecule has 0 amide bonds. The van der Waals surface area contributed by atoms with Gasteiger partial charge in [-0.3, -0.25) is 0 Å². The molecule has 0 saturated carbocycles. The predicted molar refractivity (Wildman–Crippen MR) is 88.5 cm³/mol. The Balaban J connectivity index is 2.17. The van der Waals surface area contributed by atoms with Crippen molar-refractivity contribution in [2.24, 2.45) is 0 Å². The summed E-state index contributed by atoms with van der Waals surface area (Å²) in [6.45, 7) is 13.9. The summed E-state index contributed by atoms with van der Waals surface area (Å²) in [5, 5.41) is 1.63. The minimum atomic E-state index is -1.13. The second-order valence-corrected chi connectivity index (χ2v) is 12.0. The molecule has 0 N–H and O–H groups in total. The second-order valence-electron chi connectivity index (χ2n) is 6.95.